The lowest BCUT2D eigenvalue weighted by Crippen LogP contribution is -2.52. The average molecular weight is 320 g/mol. The number of rotatable bonds is 4. The summed E-state index contributed by atoms with van der Waals surface area (Å²) in [5, 5.41) is 0. The maximum absolute atomic E-state index is 13.7. The summed E-state index contributed by atoms with van der Waals surface area (Å²) >= 11 is 0. The van der Waals surface area contributed by atoms with Crippen LogP contribution in [0.25, 0.3) is 0 Å². The van der Waals surface area contributed by atoms with Crippen molar-refractivity contribution >= 4 is 0 Å². The van der Waals surface area contributed by atoms with E-state index >= 15 is 0 Å². The second kappa shape index (κ2) is 6.01. The van der Waals surface area contributed by atoms with Crippen LogP contribution >= 0.6 is 0 Å². The summed E-state index contributed by atoms with van der Waals surface area (Å²) in [5.41, 5.74) is -1.60. The van der Waals surface area contributed by atoms with Crippen molar-refractivity contribution in [3.63, 3.8) is 0 Å². The summed E-state index contributed by atoms with van der Waals surface area (Å²) in [4.78, 5) is 0. The number of alkyl halides is 7. The molecular formula is C14H19F7. The van der Waals surface area contributed by atoms with E-state index in [1.807, 2.05) is 0 Å². The largest absolute Gasteiger partial charge is 0.460 e. The Balaban J connectivity index is 5.95. The molecule has 21 heavy (non-hydrogen) atoms. The number of allylic oxidation sites excluding steroid dienone is 4. The van der Waals surface area contributed by atoms with Crippen molar-refractivity contribution in [2.75, 3.05) is 0 Å². The van der Waals surface area contributed by atoms with Crippen molar-refractivity contribution < 1.29 is 30.7 Å². The third kappa shape index (κ3) is 4.01. The summed E-state index contributed by atoms with van der Waals surface area (Å²) in [5.74, 6) is -11.5. The van der Waals surface area contributed by atoms with Gasteiger partial charge in [-0.15, -0.1) is 0 Å². The fourth-order valence-electron chi connectivity index (χ4n) is 1.75. The molecule has 0 aromatic rings. The van der Waals surface area contributed by atoms with Crippen LogP contribution in [0.4, 0.5) is 30.7 Å². The van der Waals surface area contributed by atoms with Crippen LogP contribution in [0, 0.1) is 5.41 Å². The molecule has 0 spiro atoms. The summed E-state index contributed by atoms with van der Waals surface area (Å²) in [7, 11) is 0. The van der Waals surface area contributed by atoms with E-state index < -0.39 is 29.0 Å². The Morgan fingerprint density at radius 2 is 1.33 bits per heavy atom. The van der Waals surface area contributed by atoms with E-state index in [2.05, 4.69) is 0 Å². The Kier molecular flexibility index (Phi) is 5.72. The molecule has 0 saturated heterocycles. The van der Waals surface area contributed by atoms with Crippen molar-refractivity contribution in [3.8, 4) is 0 Å². The quantitative estimate of drug-likeness (QED) is 0.430. The Hall–Kier alpha value is -1.01. The number of hydrogen-bond acceptors (Lipinski definition) is 0. The van der Waals surface area contributed by atoms with Gasteiger partial charge in [-0.25, -0.2) is 0 Å². The van der Waals surface area contributed by atoms with Gasteiger partial charge in [0.1, 0.15) is 0 Å². The minimum absolute atomic E-state index is 0.258. The number of hydrogen-bond donors (Lipinski definition) is 0. The highest BCUT2D eigenvalue weighted by Gasteiger charge is 2.73. The van der Waals surface area contributed by atoms with Crippen LogP contribution in [0.2, 0.25) is 0 Å². The molecule has 0 bridgehead atoms. The molecule has 0 aromatic carbocycles. The van der Waals surface area contributed by atoms with Gasteiger partial charge in [0.2, 0.25) is 0 Å². The van der Waals surface area contributed by atoms with Crippen LogP contribution < -0.4 is 0 Å². The second-order valence-electron chi connectivity index (χ2n) is 5.66. The van der Waals surface area contributed by atoms with Crippen molar-refractivity contribution in [1.29, 1.82) is 0 Å². The van der Waals surface area contributed by atoms with Crippen LogP contribution in [0.3, 0.4) is 0 Å². The molecule has 0 amide bonds. The maximum atomic E-state index is 13.7. The van der Waals surface area contributed by atoms with Gasteiger partial charge in [0.05, 0.1) is 0 Å². The molecule has 0 aliphatic rings. The van der Waals surface area contributed by atoms with E-state index in [1.165, 1.54) is 0 Å². The summed E-state index contributed by atoms with van der Waals surface area (Å²) in [6, 6.07) is 0. The van der Waals surface area contributed by atoms with Crippen LogP contribution in [0.15, 0.2) is 23.3 Å². The third-order valence-electron chi connectivity index (χ3n) is 3.10. The standard InChI is InChI=1S/C14H19F7/c1-6-9(11(3,4)5)8-10(7-2)12(15,16)13(17,18)14(19,20)21/h7-8H,6H2,1-5H3/b9-8+,10-7+. The predicted molar refractivity (Wildman–Crippen MR) is 67.5 cm³/mol. The van der Waals surface area contributed by atoms with E-state index in [9.17, 15) is 30.7 Å². The van der Waals surface area contributed by atoms with E-state index in [0.29, 0.717) is 11.6 Å². The van der Waals surface area contributed by atoms with Crippen LogP contribution in [-0.4, -0.2) is 18.0 Å². The lowest BCUT2D eigenvalue weighted by atomic mass is 9.82. The van der Waals surface area contributed by atoms with Gasteiger partial charge in [-0.3, -0.25) is 0 Å². The SMILES string of the molecule is C/C=C(\C=C(/CC)C(C)(C)C)C(F)(F)C(F)(F)C(F)(F)F. The minimum atomic E-state index is -6.33. The first-order chi connectivity index (χ1) is 9.12. The zero-order valence-corrected chi connectivity index (χ0v) is 12.5. The van der Waals surface area contributed by atoms with Crippen LogP contribution in [0.5, 0.6) is 0 Å². The van der Waals surface area contributed by atoms with E-state index in [1.54, 1.807) is 27.7 Å². The fraction of sp³-hybridized carbons (Fsp3) is 0.714. The average Bonchev–Trinajstić information content (AvgIpc) is 2.26. The summed E-state index contributed by atoms with van der Waals surface area (Å²) < 4.78 is 90.0. The molecule has 0 saturated carbocycles. The highest BCUT2D eigenvalue weighted by molar-refractivity contribution is 5.34. The highest BCUT2D eigenvalue weighted by Crippen LogP contribution is 2.50. The lowest BCUT2D eigenvalue weighted by Gasteiger charge is -2.30. The zero-order valence-electron chi connectivity index (χ0n) is 12.5. The molecule has 0 unspecified atom stereocenters. The van der Waals surface area contributed by atoms with Crippen LogP contribution in [0.1, 0.15) is 41.0 Å². The van der Waals surface area contributed by atoms with Gasteiger partial charge in [0, 0.05) is 5.57 Å². The molecule has 0 fully saturated rings. The van der Waals surface area contributed by atoms with Crippen molar-refractivity contribution in [2.45, 2.75) is 59.1 Å². The molecule has 0 N–H and O–H groups in total. The van der Waals surface area contributed by atoms with Crippen molar-refractivity contribution in [1.82, 2.24) is 0 Å². The Labute approximate surface area is 119 Å². The molecule has 124 valence electrons. The van der Waals surface area contributed by atoms with Gasteiger partial charge in [-0.2, -0.15) is 30.7 Å². The third-order valence-corrected chi connectivity index (χ3v) is 3.10. The van der Waals surface area contributed by atoms with E-state index in [-0.39, 0.29) is 6.42 Å². The number of halogens is 7. The molecule has 0 aromatic heterocycles. The first-order valence-corrected chi connectivity index (χ1v) is 6.33. The van der Waals surface area contributed by atoms with Crippen molar-refractivity contribution in [2.24, 2.45) is 5.41 Å². The molecule has 0 aliphatic heterocycles. The fourth-order valence-corrected chi connectivity index (χ4v) is 1.75. The van der Waals surface area contributed by atoms with Gasteiger partial charge in [0.25, 0.3) is 0 Å². The Morgan fingerprint density at radius 1 is 0.905 bits per heavy atom. The molecule has 0 atom stereocenters. The molecule has 0 radical (unpaired) electrons. The molecular weight excluding hydrogens is 301 g/mol. The van der Waals surface area contributed by atoms with Gasteiger partial charge < -0.3 is 0 Å². The van der Waals surface area contributed by atoms with Crippen molar-refractivity contribution in [3.05, 3.63) is 23.3 Å². The summed E-state index contributed by atoms with van der Waals surface area (Å²) in [6.45, 7) is 7.60. The molecule has 0 nitrogen and oxygen atoms in total. The van der Waals surface area contributed by atoms with Gasteiger partial charge in [0.15, 0.2) is 0 Å². The first-order valence-electron chi connectivity index (χ1n) is 6.33. The van der Waals surface area contributed by atoms with Gasteiger partial charge in [-0.1, -0.05) is 45.4 Å². The zero-order chi connectivity index (χ0) is 17.3. The smallest absolute Gasteiger partial charge is 0.194 e. The van der Waals surface area contributed by atoms with Crippen LogP contribution in [-0.2, 0) is 0 Å². The molecule has 7 heteroatoms. The highest BCUT2D eigenvalue weighted by atomic mass is 19.4. The monoisotopic (exact) mass is 320 g/mol. The Morgan fingerprint density at radius 3 is 1.57 bits per heavy atom. The van der Waals surface area contributed by atoms with Gasteiger partial charge in [-0.05, 0) is 18.8 Å². The van der Waals surface area contributed by atoms with Gasteiger partial charge >= 0.3 is 18.0 Å². The van der Waals surface area contributed by atoms with E-state index in [4.69, 9.17) is 0 Å². The predicted octanol–water partition coefficient (Wildman–Crippen LogP) is 6.15. The molecule has 0 rings (SSSR count). The van der Waals surface area contributed by atoms with E-state index in [0.717, 1.165) is 13.0 Å². The topological polar surface area (TPSA) is 0 Å². The molecule has 0 aliphatic carbocycles. The second-order valence-corrected chi connectivity index (χ2v) is 5.66. The summed E-state index contributed by atoms with van der Waals surface area (Å²) in [6.07, 6.45) is -4.75. The minimum Gasteiger partial charge on any atom is -0.194 e. The maximum Gasteiger partial charge on any atom is 0.460 e. The first kappa shape index (κ1) is 20.0. The lowest BCUT2D eigenvalue weighted by molar-refractivity contribution is -0.343. The molecule has 0 heterocycles. The normalized spacial score (nSPS) is 16.4. The Bertz CT molecular complexity index is 420.